The zero-order valence-corrected chi connectivity index (χ0v) is 22.4. The molecule has 1 atom stereocenters. The Hall–Kier alpha value is -2.45. The van der Waals surface area contributed by atoms with E-state index in [-0.39, 0.29) is 44.9 Å². The SMILES string of the molecule is CCC(C)N(Cc1ccc(OC)c(OS(=O)(=O)c2ccc(Cl)c(Cl)c2)c1)C(=O)c1ccccc1Cl. The number of nitrogens with zero attached hydrogens (tertiary/aromatic N) is 1. The van der Waals surface area contributed by atoms with Gasteiger partial charge in [0.1, 0.15) is 4.90 Å². The van der Waals surface area contributed by atoms with Crippen LogP contribution < -0.4 is 8.92 Å². The van der Waals surface area contributed by atoms with Crippen LogP contribution in [0, 0.1) is 0 Å². The number of amides is 1. The molecule has 0 aromatic heterocycles. The first-order valence-electron chi connectivity index (χ1n) is 10.7. The van der Waals surface area contributed by atoms with Gasteiger partial charge >= 0.3 is 10.1 Å². The van der Waals surface area contributed by atoms with Crippen molar-refractivity contribution in [2.24, 2.45) is 0 Å². The van der Waals surface area contributed by atoms with E-state index in [4.69, 9.17) is 43.7 Å². The number of carbonyl (C=O) groups is 1. The van der Waals surface area contributed by atoms with E-state index < -0.39 is 10.1 Å². The minimum Gasteiger partial charge on any atom is -0.493 e. The van der Waals surface area contributed by atoms with Crippen LogP contribution in [-0.2, 0) is 16.7 Å². The summed E-state index contributed by atoms with van der Waals surface area (Å²) in [5, 5.41) is 0.662. The maximum atomic E-state index is 13.3. The molecule has 0 aliphatic rings. The number of methoxy groups -OCH3 is 1. The second-order valence-corrected chi connectivity index (χ2v) is 10.5. The molecule has 0 aliphatic heterocycles. The lowest BCUT2D eigenvalue weighted by atomic mass is 10.1. The highest BCUT2D eigenvalue weighted by Crippen LogP contribution is 2.33. The Morgan fingerprint density at radius 3 is 2.29 bits per heavy atom. The Morgan fingerprint density at radius 2 is 1.66 bits per heavy atom. The molecule has 0 heterocycles. The second-order valence-electron chi connectivity index (χ2n) is 7.77. The van der Waals surface area contributed by atoms with E-state index in [9.17, 15) is 13.2 Å². The average molecular weight is 557 g/mol. The Labute approximate surface area is 220 Å². The number of rotatable bonds is 9. The molecule has 0 radical (unpaired) electrons. The molecule has 3 aromatic rings. The minimum absolute atomic E-state index is 0.0228. The fourth-order valence-electron chi connectivity index (χ4n) is 3.32. The lowest BCUT2D eigenvalue weighted by molar-refractivity contribution is 0.0671. The molecule has 3 rings (SSSR count). The summed E-state index contributed by atoms with van der Waals surface area (Å²) >= 11 is 18.1. The van der Waals surface area contributed by atoms with Crippen molar-refractivity contribution in [3.05, 3.63) is 86.9 Å². The Morgan fingerprint density at radius 1 is 0.943 bits per heavy atom. The quantitative estimate of drug-likeness (QED) is 0.269. The van der Waals surface area contributed by atoms with Crippen LogP contribution in [-0.4, -0.2) is 32.4 Å². The molecule has 0 bridgehead atoms. The number of hydrogen-bond acceptors (Lipinski definition) is 5. The summed E-state index contributed by atoms with van der Waals surface area (Å²) in [4.78, 5) is 14.8. The van der Waals surface area contributed by atoms with Gasteiger partial charge in [-0.3, -0.25) is 4.79 Å². The highest BCUT2D eigenvalue weighted by molar-refractivity contribution is 7.87. The van der Waals surface area contributed by atoms with E-state index >= 15 is 0 Å². The van der Waals surface area contributed by atoms with Crippen molar-refractivity contribution in [1.29, 1.82) is 0 Å². The van der Waals surface area contributed by atoms with Crippen LogP contribution in [0.15, 0.2) is 65.6 Å². The van der Waals surface area contributed by atoms with Gasteiger partial charge in [0.15, 0.2) is 11.5 Å². The standard InChI is InChI=1S/C25H24Cl3NO5S/c1-4-16(2)29(25(30)19-7-5-6-8-20(19)26)15-17-9-12-23(33-3)24(13-17)34-35(31,32)18-10-11-21(27)22(28)14-18/h5-14,16H,4,15H2,1-3H3. The van der Waals surface area contributed by atoms with Crippen LogP contribution in [0.3, 0.4) is 0 Å². The third kappa shape index (κ3) is 6.41. The van der Waals surface area contributed by atoms with Gasteiger partial charge < -0.3 is 13.8 Å². The first kappa shape index (κ1) is 27.1. The van der Waals surface area contributed by atoms with Crippen molar-refractivity contribution < 1.29 is 22.1 Å². The van der Waals surface area contributed by atoms with Gasteiger partial charge in [-0.2, -0.15) is 8.42 Å². The highest BCUT2D eigenvalue weighted by Gasteiger charge is 2.25. The van der Waals surface area contributed by atoms with Crippen LogP contribution in [0.1, 0.15) is 36.2 Å². The maximum Gasteiger partial charge on any atom is 0.339 e. The van der Waals surface area contributed by atoms with Gasteiger partial charge in [0.2, 0.25) is 0 Å². The van der Waals surface area contributed by atoms with E-state index in [2.05, 4.69) is 0 Å². The third-order valence-corrected chi connectivity index (χ3v) is 7.75. The molecule has 35 heavy (non-hydrogen) atoms. The molecule has 10 heteroatoms. The third-order valence-electron chi connectivity index (χ3n) is 5.45. The first-order chi connectivity index (χ1) is 16.6. The summed E-state index contributed by atoms with van der Waals surface area (Å²) in [6, 6.07) is 15.5. The van der Waals surface area contributed by atoms with E-state index in [1.54, 1.807) is 41.3 Å². The number of ether oxygens (including phenoxy) is 1. The second kappa shape index (κ2) is 11.5. The summed E-state index contributed by atoms with van der Waals surface area (Å²) in [5.41, 5.74) is 1.03. The largest absolute Gasteiger partial charge is 0.493 e. The molecule has 1 amide bonds. The van der Waals surface area contributed by atoms with Crippen molar-refractivity contribution in [3.8, 4) is 11.5 Å². The molecule has 3 aromatic carbocycles. The van der Waals surface area contributed by atoms with Crippen LogP contribution >= 0.6 is 34.8 Å². The van der Waals surface area contributed by atoms with E-state index in [1.807, 2.05) is 13.8 Å². The van der Waals surface area contributed by atoms with Crippen molar-refractivity contribution >= 4 is 50.8 Å². The number of hydrogen-bond donors (Lipinski definition) is 0. The van der Waals surface area contributed by atoms with Crippen LogP contribution in [0.5, 0.6) is 11.5 Å². The lowest BCUT2D eigenvalue weighted by Crippen LogP contribution is -2.38. The molecule has 6 nitrogen and oxygen atoms in total. The van der Waals surface area contributed by atoms with Gasteiger partial charge in [0.05, 0.1) is 27.7 Å². The fraction of sp³-hybridized carbons (Fsp3) is 0.240. The van der Waals surface area contributed by atoms with Gasteiger partial charge in [0, 0.05) is 12.6 Å². The van der Waals surface area contributed by atoms with Crippen molar-refractivity contribution in [2.45, 2.75) is 37.8 Å². The summed E-state index contributed by atoms with van der Waals surface area (Å²) in [6.45, 7) is 4.11. The van der Waals surface area contributed by atoms with Gasteiger partial charge in [-0.1, -0.05) is 59.9 Å². The number of carbonyl (C=O) groups excluding carboxylic acids is 1. The topological polar surface area (TPSA) is 72.9 Å². The summed E-state index contributed by atoms with van der Waals surface area (Å²) < 4.78 is 36.5. The molecule has 0 N–H and O–H groups in total. The predicted molar refractivity (Wildman–Crippen MR) is 138 cm³/mol. The molecule has 1 unspecified atom stereocenters. The molecule has 0 spiro atoms. The zero-order chi connectivity index (χ0) is 25.8. The smallest absolute Gasteiger partial charge is 0.339 e. The number of halogens is 3. The highest BCUT2D eigenvalue weighted by atomic mass is 35.5. The fourth-order valence-corrected chi connectivity index (χ4v) is 4.86. The van der Waals surface area contributed by atoms with E-state index in [0.29, 0.717) is 22.6 Å². The molecule has 0 saturated carbocycles. The van der Waals surface area contributed by atoms with Gasteiger partial charge in [-0.05, 0) is 61.4 Å². The molecule has 0 saturated heterocycles. The monoisotopic (exact) mass is 555 g/mol. The van der Waals surface area contributed by atoms with E-state index in [1.165, 1.54) is 31.4 Å². The van der Waals surface area contributed by atoms with Crippen LogP contribution in [0.2, 0.25) is 15.1 Å². The average Bonchev–Trinajstić information content (AvgIpc) is 2.83. The molecule has 0 fully saturated rings. The minimum atomic E-state index is -4.24. The summed E-state index contributed by atoms with van der Waals surface area (Å²) in [5.74, 6) is -0.0399. The van der Waals surface area contributed by atoms with Crippen LogP contribution in [0.25, 0.3) is 0 Å². The summed E-state index contributed by atoms with van der Waals surface area (Å²) in [7, 11) is -2.83. The maximum absolute atomic E-state index is 13.3. The van der Waals surface area contributed by atoms with Gasteiger partial charge in [0.25, 0.3) is 5.91 Å². The van der Waals surface area contributed by atoms with Gasteiger partial charge in [-0.25, -0.2) is 0 Å². The number of benzene rings is 3. The molecular weight excluding hydrogens is 533 g/mol. The molecule has 186 valence electrons. The van der Waals surface area contributed by atoms with Crippen LogP contribution in [0.4, 0.5) is 0 Å². The van der Waals surface area contributed by atoms with Gasteiger partial charge in [-0.15, -0.1) is 0 Å². The zero-order valence-electron chi connectivity index (χ0n) is 19.3. The Bertz CT molecular complexity index is 1330. The summed E-state index contributed by atoms with van der Waals surface area (Å²) in [6.07, 6.45) is 0.710. The normalized spacial score (nSPS) is 12.2. The van der Waals surface area contributed by atoms with Crippen molar-refractivity contribution in [1.82, 2.24) is 4.90 Å². The van der Waals surface area contributed by atoms with Crippen molar-refractivity contribution in [2.75, 3.05) is 7.11 Å². The van der Waals surface area contributed by atoms with Crippen molar-refractivity contribution in [3.63, 3.8) is 0 Å². The molecular formula is C25H24Cl3NO5S. The Balaban J connectivity index is 1.94. The first-order valence-corrected chi connectivity index (χ1v) is 13.2. The predicted octanol–water partition coefficient (Wildman–Crippen LogP) is 6.86. The van der Waals surface area contributed by atoms with E-state index in [0.717, 1.165) is 0 Å². The Kier molecular flexibility index (Phi) is 8.94. The lowest BCUT2D eigenvalue weighted by Gasteiger charge is -2.29. The molecule has 0 aliphatic carbocycles.